The minimum Gasteiger partial charge on any atom is -0.378 e. The number of benzene rings is 1. The van der Waals surface area contributed by atoms with E-state index in [0.29, 0.717) is 23.8 Å². The van der Waals surface area contributed by atoms with Crippen LogP contribution in [0.25, 0.3) is 11.4 Å². The predicted molar refractivity (Wildman–Crippen MR) is 72.7 cm³/mol. The number of hydrogen-bond donors (Lipinski definition) is 1. The number of ether oxygens (including phenoxy) is 1. The van der Waals surface area contributed by atoms with Gasteiger partial charge in [-0.05, 0) is 0 Å². The van der Waals surface area contributed by atoms with Crippen LogP contribution < -0.4 is 5.32 Å². The van der Waals surface area contributed by atoms with E-state index in [1.54, 1.807) is 32.4 Å². The highest BCUT2D eigenvalue weighted by molar-refractivity contribution is 5.58. The fraction of sp³-hybridized carbons (Fsp3) is 0.286. The van der Waals surface area contributed by atoms with Crippen molar-refractivity contribution in [1.29, 1.82) is 0 Å². The molecule has 0 bridgehead atoms. The van der Waals surface area contributed by atoms with Crippen molar-refractivity contribution in [3.63, 3.8) is 0 Å². The SMILES string of the molecule is CNc1cc(COC)nc(-c2ccc(C(F)F)cc2)n1. The first-order valence-electron chi connectivity index (χ1n) is 6.07. The molecule has 0 aliphatic heterocycles. The van der Waals surface area contributed by atoms with Gasteiger partial charge >= 0.3 is 0 Å². The third-order valence-corrected chi connectivity index (χ3v) is 2.75. The summed E-state index contributed by atoms with van der Waals surface area (Å²) >= 11 is 0. The van der Waals surface area contributed by atoms with Gasteiger partial charge in [0.1, 0.15) is 5.82 Å². The summed E-state index contributed by atoms with van der Waals surface area (Å²) in [6.07, 6.45) is -2.47. The van der Waals surface area contributed by atoms with Crippen LogP contribution in [0.5, 0.6) is 0 Å². The van der Waals surface area contributed by atoms with E-state index in [4.69, 9.17) is 4.74 Å². The standard InChI is InChI=1S/C14H15F2N3O/c1-17-12-7-11(8-20-2)18-14(19-12)10-5-3-9(4-6-10)13(15)16/h3-7,13H,8H2,1-2H3,(H,17,18,19). The minimum absolute atomic E-state index is 0.0179. The van der Waals surface area contributed by atoms with E-state index in [-0.39, 0.29) is 5.56 Å². The number of hydrogen-bond acceptors (Lipinski definition) is 4. The van der Waals surface area contributed by atoms with Crippen LogP contribution in [-0.4, -0.2) is 24.1 Å². The Morgan fingerprint density at radius 1 is 1.20 bits per heavy atom. The fourth-order valence-corrected chi connectivity index (χ4v) is 1.75. The zero-order valence-electron chi connectivity index (χ0n) is 11.2. The molecule has 4 nitrogen and oxygen atoms in total. The number of alkyl halides is 2. The molecule has 1 aromatic heterocycles. The van der Waals surface area contributed by atoms with Crippen molar-refractivity contribution in [2.45, 2.75) is 13.0 Å². The van der Waals surface area contributed by atoms with Crippen molar-refractivity contribution in [3.8, 4) is 11.4 Å². The first kappa shape index (κ1) is 14.3. The Balaban J connectivity index is 2.37. The number of nitrogens with zero attached hydrogens (tertiary/aromatic N) is 2. The second-order valence-corrected chi connectivity index (χ2v) is 4.17. The summed E-state index contributed by atoms with van der Waals surface area (Å²) in [5.41, 5.74) is 1.39. The second-order valence-electron chi connectivity index (χ2n) is 4.17. The van der Waals surface area contributed by atoms with Crippen LogP contribution in [0, 0.1) is 0 Å². The lowest BCUT2D eigenvalue weighted by atomic mass is 10.1. The van der Waals surface area contributed by atoms with Gasteiger partial charge in [-0.25, -0.2) is 18.7 Å². The van der Waals surface area contributed by atoms with Gasteiger partial charge in [-0.2, -0.15) is 0 Å². The molecular weight excluding hydrogens is 264 g/mol. The molecule has 0 atom stereocenters. The molecule has 0 fully saturated rings. The Hall–Kier alpha value is -2.08. The normalized spacial score (nSPS) is 10.8. The van der Waals surface area contributed by atoms with Crippen molar-refractivity contribution in [1.82, 2.24) is 9.97 Å². The summed E-state index contributed by atoms with van der Waals surface area (Å²) in [7, 11) is 3.33. The molecular formula is C14H15F2N3O. The molecule has 0 spiro atoms. The molecule has 2 rings (SSSR count). The Labute approximate surface area is 115 Å². The Bertz CT molecular complexity index is 573. The summed E-state index contributed by atoms with van der Waals surface area (Å²) in [4.78, 5) is 8.67. The predicted octanol–water partition coefficient (Wildman–Crippen LogP) is 3.27. The number of aromatic nitrogens is 2. The molecule has 2 aromatic rings. The molecule has 0 unspecified atom stereocenters. The maximum absolute atomic E-state index is 12.5. The van der Waals surface area contributed by atoms with E-state index in [2.05, 4.69) is 15.3 Å². The van der Waals surface area contributed by atoms with Crippen LogP contribution in [0.1, 0.15) is 17.7 Å². The average Bonchev–Trinajstić information content (AvgIpc) is 2.47. The molecule has 106 valence electrons. The molecule has 1 heterocycles. The van der Waals surface area contributed by atoms with E-state index in [0.717, 1.165) is 5.69 Å². The number of rotatable bonds is 5. The molecule has 0 amide bonds. The summed E-state index contributed by atoms with van der Waals surface area (Å²) in [5.74, 6) is 1.13. The van der Waals surface area contributed by atoms with Gasteiger partial charge < -0.3 is 10.1 Å². The van der Waals surface area contributed by atoms with Gasteiger partial charge in [-0.3, -0.25) is 0 Å². The molecule has 20 heavy (non-hydrogen) atoms. The largest absolute Gasteiger partial charge is 0.378 e. The topological polar surface area (TPSA) is 47.0 Å². The first-order valence-corrected chi connectivity index (χ1v) is 6.07. The highest BCUT2D eigenvalue weighted by Crippen LogP contribution is 2.23. The van der Waals surface area contributed by atoms with Crippen LogP contribution >= 0.6 is 0 Å². The van der Waals surface area contributed by atoms with Crippen molar-refractivity contribution < 1.29 is 13.5 Å². The molecule has 0 saturated heterocycles. The van der Waals surface area contributed by atoms with Crippen molar-refractivity contribution in [2.75, 3.05) is 19.5 Å². The molecule has 0 saturated carbocycles. The van der Waals surface area contributed by atoms with Gasteiger partial charge in [0.2, 0.25) is 0 Å². The molecule has 6 heteroatoms. The Kier molecular flexibility index (Phi) is 4.57. The van der Waals surface area contributed by atoms with E-state index in [1.807, 2.05) is 0 Å². The lowest BCUT2D eigenvalue weighted by Gasteiger charge is -2.08. The van der Waals surface area contributed by atoms with Crippen LogP contribution in [0.15, 0.2) is 30.3 Å². The van der Waals surface area contributed by atoms with Crippen LogP contribution in [0.2, 0.25) is 0 Å². The first-order chi connectivity index (χ1) is 9.63. The zero-order chi connectivity index (χ0) is 14.5. The summed E-state index contributed by atoms with van der Waals surface area (Å²) in [6, 6.07) is 7.72. The van der Waals surface area contributed by atoms with Gasteiger partial charge in [-0.1, -0.05) is 24.3 Å². The number of anilines is 1. The van der Waals surface area contributed by atoms with Crippen LogP contribution in [0.4, 0.5) is 14.6 Å². The molecule has 0 aliphatic carbocycles. The van der Waals surface area contributed by atoms with E-state index in [9.17, 15) is 8.78 Å². The lowest BCUT2D eigenvalue weighted by molar-refractivity contribution is 0.151. The number of halogens is 2. The van der Waals surface area contributed by atoms with Gasteiger partial charge in [-0.15, -0.1) is 0 Å². The van der Waals surface area contributed by atoms with Gasteiger partial charge in [0, 0.05) is 31.4 Å². The monoisotopic (exact) mass is 279 g/mol. The smallest absolute Gasteiger partial charge is 0.263 e. The lowest BCUT2D eigenvalue weighted by Crippen LogP contribution is -2.02. The third kappa shape index (κ3) is 3.27. The Morgan fingerprint density at radius 3 is 2.45 bits per heavy atom. The quantitative estimate of drug-likeness (QED) is 0.912. The third-order valence-electron chi connectivity index (χ3n) is 2.75. The molecule has 1 aromatic carbocycles. The highest BCUT2D eigenvalue weighted by Gasteiger charge is 2.09. The van der Waals surface area contributed by atoms with Crippen molar-refractivity contribution in [3.05, 3.63) is 41.6 Å². The second kappa shape index (κ2) is 6.38. The van der Waals surface area contributed by atoms with Gasteiger partial charge in [0.25, 0.3) is 6.43 Å². The minimum atomic E-state index is -2.47. The van der Waals surface area contributed by atoms with Crippen molar-refractivity contribution in [2.24, 2.45) is 0 Å². The van der Waals surface area contributed by atoms with E-state index < -0.39 is 6.43 Å². The average molecular weight is 279 g/mol. The zero-order valence-corrected chi connectivity index (χ0v) is 11.2. The Morgan fingerprint density at radius 2 is 1.90 bits per heavy atom. The molecule has 0 aliphatic rings. The highest BCUT2D eigenvalue weighted by atomic mass is 19.3. The van der Waals surface area contributed by atoms with Crippen LogP contribution in [-0.2, 0) is 11.3 Å². The molecule has 1 N–H and O–H groups in total. The summed E-state index contributed by atoms with van der Waals surface area (Å²) < 4.78 is 30.1. The maximum atomic E-state index is 12.5. The van der Waals surface area contributed by atoms with Gasteiger partial charge in [0.15, 0.2) is 5.82 Å². The van der Waals surface area contributed by atoms with E-state index >= 15 is 0 Å². The summed E-state index contributed by atoms with van der Waals surface area (Å²) in [6.45, 7) is 0.360. The fourth-order valence-electron chi connectivity index (χ4n) is 1.75. The number of methoxy groups -OCH3 is 1. The van der Waals surface area contributed by atoms with E-state index in [1.165, 1.54) is 12.1 Å². The van der Waals surface area contributed by atoms with Crippen LogP contribution in [0.3, 0.4) is 0 Å². The summed E-state index contributed by atoms with van der Waals surface area (Å²) in [5, 5.41) is 2.94. The van der Waals surface area contributed by atoms with Crippen molar-refractivity contribution >= 4 is 5.82 Å². The number of nitrogens with one attached hydrogen (secondary N) is 1. The molecule has 0 radical (unpaired) electrons. The maximum Gasteiger partial charge on any atom is 0.263 e. The van der Waals surface area contributed by atoms with Gasteiger partial charge in [0.05, 0.1) is 12.3 Å².